The molecule has 0 aromatic carbocycles. The number of imide groups is 1. The molecule has 0 unspecified atom stereocenters. The first-order valence-electron chi connectivity index (χ1n) is 5.34. The molecule has 18 heavy (non-hydrogen) atoms. The van der Waals surface area contributed by atoms with E-state index in [2.05, 4.69) is 10.3 Å². The van der Waals surface area contributed by atoms with Crippen molar-refractivity contribution >= 4 is 17.5 Å². The van der Waals surface area contributed by atoms with Gasteiger partial charge in [0.2, 0.25) is 5.91 Å². The molecule has 0 radical (unpaired) electrons. The highest BCUT2D eigenvalue weighted by atomic mass is 16.6. The van der Waals surface area contributed by atoms with Gasteiger partial charge in [0.25, 0.3) is 11.6 Å². The number of pyridine rings is 1. The van der Waals surface area contributed by atoms with Crippen molar-refractivity contribution in [2.75, 3.05) is 0 Å². The number of nitrogens with one attached hydrogen (secondary N) is 1. The predicted octanol–water partition coefficient (Wildman–Crippen LogP) is 1.29. The molecule has 0 bridgehead atoms. The Morgan fingerprint density at radius 1 is 1.44 bits per heavy atom. The van der Waals surface area contributed by atoms with Crippen molar-refractivity contribution in [3.8, 4) is 0 Å². The first-order chi connectivity index (χ1) is 8.40. The molecule has 1 rings (SSSR count). The normalized spacial score (nSPS) is 10.2. The molecule has 2 amide bonds. The van der Waals surface area contributed by atoms with Gasteiger partial charge in [-0.3, -0.25) is 25.0 Å². The SMILES string of the molecule is CC(C)CC(=O)NC(=O)c1ccc([N+](=O)[O-])cn1. The molecular weight excluding hydrogens is 238 g/mol. The second kappa shape index (κ2) is 5.85. The fraction of sp³-hybridized carbons (Fsp3) is 0.364. The highest BCUT2D eigenvalue weighted by Crippen LogP contribution is 2.08. The molecule has 0 aliphatic heterocycles. The van der Waals surface area contributed by atoms with Crippen LogP contribution in [0, 0.1) is 16.0 Å². The third-order valence-corrected chi connectivity index (χ3v) is 2.04. The zero-order chi connectivity index (χ0) is 13.7. The number of carbonyl (C=O) groups is 2. The van der Waals surface area contributed by atoms with Gasteiger partial charge in [-0.1, -0.05) is 13.8 Å². The summed E-state index contributed by atoms with van der Waals surface area (Å²) in [6.07, 6.45) is 1.21. The molecule has 0 fully saturated rings. The van der Waals surface area contributed by atoms with E-state index in [9.17, 15) is 19.7 Å². The lowest BCUT2D eigenvalue weighted by Gasteiger charge is -2.05. The van der Waals surface area contributed by atoms with Gasteiger partial charge >= 0.3 is 0 Å². The summed E-state index contributed by atoms with van der Waals surface area (Å²) in [6, 6.07) is 2.37. The van der Waals surface area contributed by atoms with Crippen LogP contribution in [0.5, 0.6) is 0 Å². The van der Waals surface area contributed by atoms with Gasteiger partial charge < -0.3 is 0 Å². The Balaban J connectivity index is 2.67. The van der Waals surface area contributed by atoms with Gasteiger partial charge in [0.15, 0.2) is 0 Å². The second-order valence-corrected chi connectivity index (χ2v) is 4.13. The van der Waals surface area contributed by atoms with Crippen LogP contribution in [0.15, 0.2) is 18.3 Å². The monoisotopic (exact) mass is 251 g/mol. The van der Waals surface area contributed by atoms with E-state index < -0.39 is 16.7 Å². The molecule has 0 saturated carbocycles. The molecule has 1 heterocycles. The summed E-state index contributed by atoms with van der Waals surface area (Å²) in [6.45, 7) is 3.71. The summed E-state index contributed by atoms with van der Waals surface area (Å²) in [5, 5.41) is 12.6. The number of nitrogens with zero attached hydrogens (tertiary/aromatic N) is 2. The van der Waals surface area contributed by atoms with E-state index in [1.165, 1.54) is 6.07 Å². The smallest absolute Gasteiger partial charge is 0.287 e. The number of nitro groups is 1. The average molecular weight is 251 g/mol. The van der Waals surface area contributed by atoms with Gasteiger partial charge in [-0.05, 0) is 12.0 Å². The lowest BCUT2D eigenvalue weighted by molar-refractivity contribution is -0.385. The van der Waals surface area contributed by atoms with Crippen molar-refractivity contribution in [1.82, 2.24) is 10.3 Å². The molecule has 7 nitrogen and oxygen atoms in total. The van der Waals surface area contributed by atoms with E-state index in [0.717, 1.165) is 12.3 Å². The number of rotatable bonds is 4. The van der Waals surface area contributed by atoms with E-state index in [0.29, 0.717) is 0 Å². The van der Waals surface area contributed by atoms with E-state index >= 15 is 0 Å². The Morgan fingerprint density at radius 3 is 2.56 bits per heavy atom. The fourth-order valence-corrected chi connectivity index (χ4v) is 1.24. The van der Waals surface area contributed by atoms with E-state index in [-0.39, 0.29) is 23.7 Å². The van der Waals surface area contributed by atoms with E-state index in [1.807, 2.05) is 13.8 Å². The van der Waals surface area contributed by atoms with Crippen molar-refractivity contribution in [2.45, 2.75) is 20.3 Å². The van der Waals surface area contributed by atoms with Crippen LogP contribution in [0.3, 0.4) is 0 Å². The molecule has 96 valence electrons. The first kappa shape index (κ1) is 13.8. The minimum Gasteiger partial charge on any atom is -0.291 e. The number of carbonyl (C=O) groups excluding carboxylic acids is 2. The maximum Gasteiger partial charge on any atom is 0.287 e. The quantitative estimate of drug-likeness (QED) is 0.641. The van der Waals surface area contributed by atoms with Crippen molar-refractivity contribution < 1.29 is 14.5 Å². The number of amides is 2. The van der Waals surface area contributed by atoms with Crippen molar-refractivity contribution in [2.24, 2.45) is 5.92 Å². The van der Waals surface area contributed by atoms with Crippen LogP contribution >= 0.6 is 0 Å². The average Bonchev–Trinajstić information content (AvgIpc) is 2.27. The van der Waals surface area contributed by atoms with Crippen LogP contribution in [-0.4, -0.2) is 21.7 Å². The summed E-state index contributed by atoms with van der Waals surface area (Å²) in [5.74, 6) is -0.909. The third kappa shape index (κ3) is 3.93. The van der Waals surface area contributed by atoms with Gasteiger partial charge in [0, 0.05) is 12.5 Å². The Hall–Kier alpha value is -2.31. The van der Waals surface area contributed by atoms with Crippen LogP contribution in [0.2, 0.25) is 0 Å². The fourth-order valence-electron chi connectivity index (χ4n) is 1.24. The van der Waals surface area contributed by atoms with Crippen LogP contribution < -0.4 is 5.32 Å². The Kier molecular flexibility index (Phi) is 4.47. The largest absolute Gasteiger partial charge is 0.291 e. The second-order valence-electron chi connectivity index (χ2n) is 4.13. The summed E-state index contributed by atoms with van der Waals surface area (Å²) < 4.78 is 0. The minimum absolute atomic E-state index is 0.0299. The number of hydrogen-bond acceptors (Lipinski definition) is 5. The summed E-state index contributed by atoms with van der Waals surface area (Å²) in [4.78, 5) is 36.3. The molecule has 1 aromatic heterocycles. The molecule has 7 heteroatoms. The molecular formula is C11H13N3O4. The molecule has 1 aromatic rings. The zero-order valence-corrected chi connectivity index (χ0v) is 10.0. The lowest BCUT2D eigenvalue weighted by Crippen LogP contribution is -2.31. The Morgan fingerprint density at radius 2 is 2.11 bits per heavy atom. The van der Waals surface area contributed by atoms with Gasteiger partial charge in [0.05, 0.1) is 4.92 Å². The minimum atomic E-state index is -0.657. The van der Waals surface area contributed by atoms with E-state index in [4.69, 9.17) is 0 Å². The zero-order valence-electron chi connectivity index (χ0n) is 10.0. The Bertz CT molecular complexity index is 468. The van der Waals surface area contributed by atoms with Crippen LogP contribution in [-0.2, 0) is 4.79 Å². The third-order valence-electron chi connectivity index (χ3n) is 2.04. The van der Waals surface area contributed by atoms with Crippen molar-refractivity contribution in [3.05, 3.63) is 34.1 Å². The van der Waals surface area contributed by atoms with Crippen LogP contribution in [0.1, 0.15) is 30.8 Å². The lowest BCUT2D eigenvalue weighted by atomic mass is 10.1. The maximum atomic E-state index is 11.6. The Labute approximate surface area is 103 Å². The van der Waals surface area contributed by atoms with Crippen LogP contribution in [0.4, 0.5) is 5.69 Å². The summed E-state index contributed by atoms with van der Waals surface area (Å²) in [7, 11) is 0. The van der Waals surface area contributed by atoms with Crippen LogP contribution in [0.25, 0.3) is 0 Å². The topological polar surface area (TPSA) is 102 Å². The van der Waals surface area contributed by atoms with Gasteiger partial charge in [0.1, 0.15) is 11.9 Å². The van der Waals surface area contributed by atoms with Crippen molar-refractivity contribution in [3.63, 3.8) is 0 Å². The van der Waals surface area contributed by atoms with Gasteiger partial charge in [-0.15, -0.1) is 0 Å². The standard InChI is InChI=1S/C11H13N3O4/c1-7(2)5-10(15)13-11(16)9-4-3-8(6-12-9)14(17)18/h3-4,6-7H,5H2,1-2H3,(H,13,15,16). The first-order valence-corrected chi connectivity index (χ1v) is 5.34. The van der Waals surface area contributed by atoms with E-state index in [1.54, 1.807) is 0 Å². The van der Waals surface area contributed by atoms with Gasteiger partial charge in [-0.2, -0.15) is 0 Å². The molecule has 0 spiro atoms. The molecule has 0 aliphatic carbocycles. The van der Waals surface area contributed by atoms with Gasteiger partial charge in [-0.25, -0.2) is 4.98 Å². The molecule has 0 saturated heterocycles. The molecule has 1 N–H and O–H groups in total. The summed E-state index contributed by atoms with van der Waals surface area (Å²) >= 11 is 0. The number of aromatic nitrogens is 1. The maximum absolute atomic E-state index is 11.6. The highest BCUT2D eigenvalue weighted by molar-refractivity contribution is 6.03. The summed E-state index contributed by atoms with van der Waals surface area (Å²) in [5.41, 5.74) is -0.238. The molecule has 0 atom stereocenters. The predicted molar refractivity (Wildman–Crippen MR) is 62.8 cm³/mol. The molecule has 0 aliphatic rings. The number of hydrogen-bond donors (Lipinski definition) is 1. The highest BCUT2D eigenvalue weighted by Gasteiger charge is 2.14. The van der Waals surface area contributed by atoms with Crippen molar-refractivity contribution in [1.29, 1.82) is 0 Å².